The van der Waals surface area contributed by atoms with Gasteiger partial charge in [-0.25, -0.2) is 14.3 Å². The van der Waals surface area contributed by atoms with Gasteiger partial charge in [-0.2, -0.15) is 12.7 Å². The van der Waals surface area contributed by atoms with Gasteiger partial charge in [0.15, 0.2) is 0 Å². The normalized spacial score (nSPS) is 18.9. The molecule has 156 valence electrons. The maximum Gasteiger partial charge on any atom is 0.422 e. The van der Waals surface area contributed by atoms with Crippen molar-refractivity contribution in [3.63, 3.8) is 0 Å². The van der Waals surface area contributed by atoms with Crippen LogP contribution in [0.1, 0.15) is 54.4 Å². The first-order valence-corrected chi connectivity index (χ1v) is 10.6. The molecule has 0 aromatic rings. The van der Waals surface area contributed by atoms with Crippen LogP contribution >= 0.6 is 0 Å². The molecule has 9 nitrogen and oxygen atoms in total. The lowest BCUT2D eigenvalue weighted by atomic mass is 10.0. The summed E-state index contributed by atoms with van der Waals surface area (Å²) in [7, 11) is -3.99. The van der Waals surface area contributed by atoms with Crippen molar-refractivity contribution in [1.29, 1.82) is 0 Å². The van der Waals surface area contributed by atoms with Crippen molar-refractivity contribution >= 4 is 22.4 Å². The quantitative estimate of drug-likeness (QED) is 0.751. The molecule has 0 bridgehead atoms. The molecule has 1 N–H and O–H groups in total. The van der Waals surface area contributed by atoms with Crippen LogP contribution in [0.5, 0.6) is 0 Å². The van der Waals surface area contributed by atoms with E-state index in [9.17, 15) is 18.0 Å². The Morgan fingerprint density at radius 1 is 1.04 bits per heavy atom. The molecular formula is C17H31N3O6S. The number of likely N-dealkylation sites (tertiary alicyclic amines) is 1. The predicted molar refractivity (Wildman–Crippen MR) is 99.3 cm³/mol. The van der Waals surface area contributed by atoms with Gasteiger partial charge in [-0.15, -0.1) is 0 Å². The highest BCUT2D eigenvalue weighted by atomic mass is 32.2. The van der Waals surface area contributed by atoms with Crippen LogP contribution in [0.3, 0.4) is 0 Å². The zero-order valence-corrected chi connectivity index (χ0v) is 17.8. The second-order valence-electron chi connectivity index (χ2n) is 9.16. The second-order valence-corrected chi connectivity index (χ2v) is 10.8. The van der Waals surface area contributed by atoms with Crippen molar-refractivity contribution in [2.75, 3.05) is 19.6 Å². The Bertz CT molecular complexity index is 670. The van der Waals surface area contributed by atoms with Gasteiger partial charge >= 0.3 is 22.4 Å². The summed E-state index contributed by atoms with van der Waals surface area (Å²) in [5.41, 5.74) is -1.35. The van der Waals surface area contributed by atoms with Crippen LogP contribution in [0, 0.1) is 5.92 Å². The zero-order valence-electron chi connectivity index (χ0n) is 16.9. The lowest BCUT2D eigenvalue weighted by molar-refractivity contribution is -0.00331. The molecule has 2 rings (SSSR count). The van der Waals surface area contributed by atoms with Gasteiger partial charge in [0.25, 0.3) is 0 Å². The molecule has 0 unspecified atom stereocenters. The first-order valence-electron chi connectivity index (χ1n) is 9.17. The number of carbonyl (C=O) groups is 2. The number of hydrogen-bond donors (Lipinski definition) is 1. The number of hydrogen-bond acceptors (Lipinski definition) is 6. The van der Waals surface area contributed by atoms with Gasteiger partial charge in [-0.05, 0) is 54.4 Å². The molecule has 10 heteroatoms. The first-order chi connectivity index (χ1) is 12.2. The lowest BCUT2D eigenvalue weighted by Gasteiger charge is -2.41. The minimum absolute atomic E-state index is 0.00771. The summed E-state index contributed by atoms with van der Waals surface area (Å²) in [6.07, 6.45) is 0.138. The molecule has 0 radical (unpaired) electrons. The minimum Gasteiger partial charge on any atom is -0.444 e. The van der Waals surface area contributed by atoms with Crippen LogP contribution in [-0.4, -0.2) is 66.7 Å². The lowest BCUT2D eigenvalue weighted by Crippen LogP contribution is -2.57. The van der Waals surface area contributed by atoms with Crippen LogP contribution in [-0.2, 0) is 19.7 Å². The standard InChI is InChI=1S/C17H31N3O6S/c1-16(2,3)25-14(21)18-27(23,24)20(13-7-8-13)11-12-9-19(10-12)15(22)26-17(4,5)6/h12-13H,7-11H2,1-6H3,(H,18,21). The fourth-order valence-corrected chi connectivity index (χ4v) is 4.06. The smallest absolute Gasteiger partial charge is 0.422 e. The second kappa shape index (κ2) is 7.46. The maximum atomic E-state index is 12.6. The van der Waals surface area contributed by atoms with Crippen LogP contribution in [0.2, 0.25) is 0 Å². The fourth-order valence-electron chi connectivity index (χ4n) is 2.68. The Kier molecular flexibility index (Phi) is 6.01. The number of carbonyl (C=O) groups excluding carboxylic acids is 2. The summed E-state index contributed by atoms with van der Waals surface area (Å²) in [5, 5.41) is 0. The predicted octanol–water partition coefficient (Wildman–Crippen LogP) is 2.09. The van der Waals surface area contributed by atoms with Crippen LogP contribution in [0.25, 0.3) is 0 Å². The van der Waals surface area contributed by atoms with E-state index in [1.54, 1.807) is 46.4 Å². The summed E-state index contributed by atoms with van der Waals surface area (Å²) in [6, 6.07) is -0.111. The van der Waals surface area contributed by atoms with E-state index >= 15 is 0 Å². The van der Waals surface area contributed by atoms with E-state index in [2.05, 4.69) is 0 Å². The van der Waals surface area contributed by atoms with Gasteiger partial charge in [0, 0.05) is 31.6 Å². The van der Waals surface area contributed by atoms with E-state index in [1.165, 1.54) is 4.31 Å². The largest absolute Gasteiger partial charge is 0.444 e. The number of ether oxygens (including phenoxy) is 2. The van der Waals surface area contributed by atoms with E-state index in [1.807, 2.05) is 4.72 Å². The molecule has 27 heavy (non-hydrogen) atoms. The Hall–Kier alpha value is -1.55. The molecule has 1 heterocycles. The van der Waals surface area contributed by atoms with Crippen molar-refractivity contribution in [3.8, 4) is 0 Å². The number of nitrogens with zero attached hydrogens (tertiary/aromatic N) is 2. The van der Waals surface area contributed by atoms with Crippen LogP contribution in [0.4, 0.5) is 9.59 Å². The Labute approximate surface area is 161 Å². The number of rotatable bonds is 5. The molecule has 0 aromatic heterocycles. The first kappa shape index (κ1) is 21.7. The third-order valence-electron chi connectivity index (χ3n) is 3.92. The van der Waals surface area contributed by atoms with Crippen molar-refractivity contribution in [2.24, 2.45) is 5.92 Å². The van der Waals surface area contributed by atoms with Gasteiger partial charge in [0.1, 0.15) is 11.2 Å². The van der Waals surface area contributed by atoms with E-state index in [0.717, 1.165) is 12.8 Å². The Morgan fingerprint density at radius 2 is 1.56 bits per heavy atom. The molecule has 0 aromatic carbocycles. The summed E-state index contributed by atoms with van der Waals surface area (Å²) in [5.74, 6) is 0.00771. The highest BCUT2D eigenvalue weighted by Crippen LogP contribution is 2.31. The molecule has 0 atom stereocenters. The van der Waals surface area contributed by atoms with Crippen molar-refractivity contribution in [1.82, 2.24) is 13.9 Å². The van der Waals surface area contributed by atoms with Crippen molar-refractivity contribution in [2.45, 2.75) is 71.6 Å². The molecule has 2 amide bonds. The third kappa shape index (κ3) is 6.84. The summed E-state index contributed by atoms with van der Waals surface area (Å²) < 4.78 is 38.8. The maximum absolute atomic E-state index is 12.6. The highest BCUT2D eigenvalue weighted by molar-refractivity contribution is 7.87. The van der Waals surface area contributed by atoms with Gasteiger partial charge in [-0.1, -0.05) is 0 Å². The molecule has 1 aliphatic carbocycles. The van der Waals surface area contributed by atoms with Gasteiger partial charge in [0.2, 0.25) is 0 Å². The zero-order chi connectivity index (χ0) is 20.6. The molecule has 2 fully saturated rings. The average molecular weight is 406 g/mol. The molecule has 1 saturated carbocycles. The van der Waals surface area contributed by atoms with Gasteiger partial charge < -0.3 is 14.4 Å². The van der Waals surface area contributed by atoms with Crippen molar-refractivity contribution in [3.05, 3.63) is 0 Å². The Morgan fingerprint density at radius 3 is 2.00 bits per heavy atom. The average Bonchev–Trinajstić information content (AvgIpc) is 3.14. The topological polar surface area (TPSA) is 105 Å². The number of nitrogens with one attached hydrogen (secondary N) is 1. The SMILES string of the molecule is CC(C)(C)OC(=O)NS(=O)(=O)N(CC1CN(C(=O)OC(C)(C)C)C1)C1CC1. The van der Waals surface area contributed by atoms with E-state index in [-0.39, 0.29) is 18.5 Å². The summed E-state index contributed by atoms with van der Waals surface area (Å²) >= 11 is 0. The van der Waals surface area contributed by atoms with Gasteiger partial charge in [0.05, 0.1) is 0 Å². The number of amides is 2. The summed E-state index contributed by atoms with van der Waals surface area (Å²) in [6.45, 7) is 11.5. The highest BCUT2D eigenvalue weighted by Gasteiger charge is 2.43. The van der Waals surface area contributed by atoms with Gasteiger partial charge in [-0.3, -0.25) is 0 Å². The fraction of sp³-hybridized carbons (Fsp3) is 0.882. The molecular weight excluding hydrogens is 374 g/mol. The molecule has 1 saturated heterocycles. The van der Waals surface area contributed by atoms with E-state index in [4.69, 9.17) is 9.47 Å². The molecule has 2 aliphatic rings. The summed E-state index contributed by atoms with van der Waals surface area (Å²) in [4.78, 5) is 25.4. The van der Waals surface area contributed by atoms with Crippen LogP contribution in [0.15, 0.2) is 0 Å². The molecule has 0 spiro atoms. The van der Waals surface area contributed by atoms with Crippen molar-refractivity contribution < 1.29 is 27.5 Å². The monoisotopic (exact) mass is 405 g/mol. The third-order valence-corrected chi connectivity index (χ3v) is 5.41. The van der Waals surface area contributed by atoms with Crippen LogP contribution < -0.4 is 4.72 Å². The minimum atomic E-state index is -3.99. The van der Waals surface area contributed by atoms with E-state index < -0.39 is 33.6 Å². The van der Waals surface area contributed by atoms with E-state index in [0.29, 0.717) is 13.1 Å². The Balaban J connectivity index is 1.90. The molecule has 1 aliphatic heterocycles.